The highest BCUT2D eigenvalue weighted by molar-refractivity contribution is 7.07. The second-order valence-electron chi connectivity index (χ2n) is 7.84. The van der Waals surface area contributed by atoms with E-state index in [4.69, 9.17) is 29.0 Å². The van der Waals surface area contributed by atoms with Crippen LogP contribution in [0.2, 0.25) is 0 Å². The molecule has 35 heavy (non-hydrogen) atoms. The summed E-state index contributed by atoms with van der Waals surface area (Å²) in [6.07, 6.45) is 0. The summed E-state index contributed by atoms with van der Waals surface area (Å²) in [5.74, 6) is 2.92. The van der Waals surface area contributed by atoms with Gasteiger partial charge in [-0.2, -0.15) is 5.10 Å². The normalized spacial score (nSPS) is 13.2. The monoisotopic (exact) mass is 487 g/mol. The molecule has 178 valence electrons. The van der Waals surface area contributed by atoms with Crippen LogP contribution in [0.1, 0.15) is 18.1 Å². The first kappa shape index (κ1) is 22.7. The van der Waals surface area contributed by atoms with Crippen molar-refractivity contribution in [1.29, 1.82) is 0 Å². The molecule has 0 amide bonds. The van der Waals surface area contributed by atoms with E-state index in [1.165, 1.54) is 11.3 Å². The minimum Gasteiger partial charge on any atom is -0.497 e. The smallest absolute Gasteiger partial charge is 0.231 e. The highest BCUT2D eigenvalue weighted by Crippen LogP contribution is 2.35. The molecule has 0 radical (unpaired) electrons. The van der Waals surface area contributed by atoms with Crippen LogP contribution in [0.15, 0.2) is 82.2 Å². The van der Waals surface area contributed by atoms with E-state index in [0.29, 0.717) is 6.54 Å². The van der Waals surface area contributed by atoms with E-state index < -0.39 is 0 Å². The molecule has 3 aromatic carbocycles. The molecule has 0 saturated carbocycles. The maximum atomic E-state index is 5.66. The first-order valence-corrected chi connectivity index (χ1v) is 12.0. The lowest BCUT2D eigenvalue weighted by Gasteiger charge is -2.12. The number of thiazole rings is 1. The minimum atomic E-state index is 0.233. The molecular weight excluding hydrogens is 462 g/mol. The summed E-state index contributed by atoms with van der Waals surface area (Å²) in [4.78, 5) is 5.65. The van der Waals surface area contributed by atoms with Gasteiger partial charge in [0.1, 0.15) is 11.5 Å². The average Bonchev–Trinajstić information content (AvgIpc) is 3.54. The van der Waals surface area contributed by atoms with E-state index in [0.717, 1.165) is 55.9 Å². The SMILES string of the molecule is COc1ccc(OC)c(-c2csc(=NCc3ccccc3)n2N=C(C)c2ccc3c(c2)OCO3)c1. The van der Waals surface area contributed by atoms with Crippen molar-refractivity contribution in [3.63, 3.8) is 0 Å². The number of aromatic nitrogens is 1. The highest BCUT2D eigenvalue weighted by atomic mass is 32.1. The van der Waals surface area contributed by atoms with Gasteiger partial charge in [-0.05, 0) is 48.9 Å². The second-order valence-corrected chi connectivity index (χ2v) is 8.67. The van der Waals surface area contributed by atoms with Crippen LogP contribution in [0.3, 0.4) is 0 Å². The first-order valence-electron chi connectivity index (χ1n) is 11.1. The van der Waals surface area contributed by atoms with Gasteiger partial charge in [0.15, 0.2) is 11.5 Å². The molecular formula is C27H25N3O4S. The number of hydrogen-bond donors (Lipinski definition) is 0. The molecule has 1 aromatic heterocycles. The molecule has 0 unspecified atom stereocenters. The quantitative estimate of drug-likeness (QED) is 0.330. The fraction of sp³-hybridized carbons (Fsp3) is 0.185. The van der Waals surface area contributed by atoms with Crippen LogP contribution in [-0.4, -0.2) is 31.4 Å². The lowest BCUT2D eigenvalue weighted by Crippen LogP contribution is -2.14. The van der Waals surface area contributed by atoms with Gasteiger partial charge in [0.25, 0.3) is 0 Å². The van der Waals surface area contributed by atoms with Gasteiger partial charge in [-0.25, -0.2) is 4.68 Å². The Balaban J connectivity index is 1.63. The molecule has 2 heterocycles. The first-order chi connectivity index (χ1) is 17.2. The molecule has 0 saturated heterocycles. The molecule has 7 nitrogen and oxygen atoms in total. The third-order valence-electron chi connectivity index (χ3n) is 5.65. The van der Waals surface area contributed by atoms with Gasteiger partial charge in [0.05, 0.1) is 32.2 Å². The van der Waals surface area contributed by atoms with Crippen LogP contribution in [0.5, 0.6) is 23.0 Å². The van der Waals surface area contributed by atoms with Gasteiger partial charge in [0, 0.05) is 16.5 Å². The molecule has 0 bridgehead atoms. The molecule has 0 spiro atoms. The Morgan fingerprint density at radius 2 is 1.80 bits per heavy atom. The number of rotatable bonds is 7. The van der Waals surface area contributed by atoms with Gasteiger partial charge < -0.3 is 18.9 Å². The standard InChI is InChI=1S/C27H25N3O4S/c1-18(20-9-11-25-26(13-20)34-17-33-25)29-30-23(22-14-21(31-2)10-12-24(22)32-3)16-35-27(30)28-15-19-7-5-4-6-8-19/h4-14,16H,15,17H2,1-3H3. The topological polar surface area (TPSA) is 66.6 Å². The van der Waals surface area contributed by atoms with Crippen LogP contribution in [0.4, 0.5) is 0 Å². The third kappa shape index (κ3) is 4.79. The maximum Gasteiger partial charge on any atom is 0.231 e. The Kier molecular flexibility index (Phi) is 6.54. The van der Waals surface area contributed by atoms with Crippen molar-refractivity contribution in [1.82, 2.24) is 4.68 Å². The maximum absolute atomic E-state index is 5.66. The number of nitrogens with zero attached hydrogens (tertiary/aromatic N) is 3. The van der Waals surface area contributed by atoms with Gasteiger partial charge in [0.2, 0.25) is 11.6 Å². The van der Waals surface area contributed by atoms with Crippen molar-refractivity contribution in [2.75, 3.05) is 21.0 Å². The van der Waals surface area contributed by atoms with Crippen molar-refractivity contribution in [3.05, 3.63) is 88.0 Å². The average molecular weight is 488 g/mol. The summed E-state index contributed by atoms with van der Waals surface area (Å²) in [7, 11) is 3.31. The van der Waals surface area contributed by atoms with Gasteiger partial charge in [-0.1, -0.05) is 30.3 Å². The molecule has 0 atom stereocenters. The van der Waals surface area contributed by atoms with Crippen LogP contribution in [0, 0.1) is 0 Å². The number of ether oxygens (including phenoxy) is 4. The van der Waals surface area contributed by atoms with E-state index in [1.807, 2.05) is 71.6 Å². The fourth-order valence-electron chi connectivity index (χ4n) is 3.78. The van der Waals surface area contributed by atoms with E-state index in [1.54, 1.807) is 14.2 Å². The van der Waals surface area contributed by atoms with Crippen LogP contribution in [0.25, 0.3) is 11.3 Å². The van der Waals surface area contributed by atoms with Crippen molar-refractivity contribution < 1.29 is 18.9 Å². The third-order valence-corrected chi connectivity index (χ3v) is 6.50. The number of benzene rings is 3. The lowest BCUT2D eigenvalue weighted by atomic mass is 10.1. The number of fused-ring (bicyclic) bond motifs is 1. The zero-order valence-corrected chi connectivity index (χ0v) is 20.5. The molecule has 1 aliphatic heterocycles. The van der Waals surface area contributed by atoms with Crippen molar-refractivity contribution in [3.8, 4) is 34.3 Å². The molecule has 5 rings (SSSR count). The van der Waals surface area contributed by atoms with Gasteiger partial charge >= 0.3 is 0 Å². The van der Waals surface area contributed by atoms with E-state index in [2.05, 4.69) is 12.1 Å². The zero-order chi connectivity index (χ0) is 24.2. The molecule has 4 aromatic rings. The summed E-state index contributed by atoms with van der Waals surface area (Å²) >= 11 is 1.53. The Morgan fingerprint density at radius 3 is 2.60 bits per heavy atom. The van der Waals surface area contributed by atoms with E-state index >= 15 is 0 Å². The van der Waals surface area contributed by atoms with Crippen LogP contribution in [-0.2, 0) is 6.54 Å². The van der Waals surface area contributed by atoms with Gasteiger partial charge in [-0.3, -0.25) is 4.99 Å². The predicted molar refractivity (Wildman–Crippen MR) is 137 cm³/mol. The Hall–Kier alpha value is -4.04. The Morgan fingerprint density at radius 1 is 0.971 bits per heavy atom. The highest BCUT2D eigenvalue weighted by Gasteiger charge is 2.17. The number of hydrogen-bond acceptors (Lipinski definition) is 7. The molecule has 0 fully saturated rings. The zero-order valence-electron chi connectivity index (χ0n) is 19.7. The lowest BCUT2D eigenvalue weighted by molar-refractivity contribution is 0.174. The summed E-state index contributed by atoms with van der Waals surface area (Å²) in [5.41, 5.74) is 4.60. The fourth-order valence-corrected chi connectivity index (χ4v) is 4.60. The van der Waals surface area contributed by atoms with E-state index in [-0.39, 0.29) is 6.79 Å². The minimum absolute atomic E-state index is 0.233. The largest absolute Gasteiger partial charge is 0.497 e. The summed E-state index contributed by atoms with van der Waals surface area (Å²) in [5, 5.41) is 7.03. The van der Waals surface area contributed by atoms with Gasteiger partial charge in [-0.15, -0.1) is 11.3 Å². The van der Waals surface area contributed by atoms with Crippen molar-refractivity contribution >= 4 is 17.0 Å². The predicted octanol–water partition coefficient (Wildman–Crippen LogP) is 5.34. The molecule has 8 heteroatoms. The molecule has 0 N–H and O–H groups in total. The molecule has 0 aliphatic carbocycles. The molecule has 1 aliphatic rings. The van der Waals surface area contributed by atoms with E-state index in [9.17, 15) is 0 Å². The number of methoxy groups -OCH3 is 2. The Bertz CT molecular complexity index is 1440. The Labute approximate surface area is 207 Å². The van der Waals surface area contributed by atoms with Crippen molar-refractivity contribution in [2.24, 2.45) is 10.1 Å². The summed E-state index contributed by atoms with van der Waals surface area (Å²) in [6, 6.07) is 21.7. The summed E-state index contributed by atoms with van der Waals surface area (Å²) < 4.78 is 24.0. The van der Waals surface area contributed by atoms with Crippen LogP contribution < -0.4 is 23.7 Å². The second kappa shape index (κ2) is 10.1. The van der Waals surface area contributed by atoms with Crippen molar-refractivity contribution in [2.45, 2.75) is 13.5 Å². The van der Waals surface area contributed by atoms with Crippen LogP contribution >= 0.6 is 11.3 Å². The summed E-state index contributed by atoms with van der Waals surface area (Å²) in [6.45, 7) is 2.75.